The van der Waals surface area contributed by atoms with Crippen molar-refractivity contribution < 1.29 is 0 Å². The van der Waals surface area contributed by atoms with Crippen LogP contribution in [0.4, 0.5) is 11.8 Å². The predicted octanol–water partition coefficient (Wildman–Crippen LogP) is 2.57. The summed E-state index contributed by atoms with van der Waals surface area (Å²) in [5, 5.41) is 6.67. The van der Waals surface area contributed by atoms with Gasteiger partial charge < -0.3 is 15.5 Å². The van der Waals surface area contributed by atoms with E-state index in [1.165, 1.54) is 0 Å². The summed E-state index contributed by atoms with van der Waals surface area (Å²) in [7, 11) is 2.19. The molecule has 0 bridgehead atoms. The van der Waals surface area contributed by atoms with Gasteiger partial charge in [-0.1, -0.05) is 0 Å². The van der Waals surface area contributed by atoms with E-state index in [2.05, 4.69) is 55.4 Å². The van der Waals surface area contributed by atoms with E-state index in [1.54, 1.807) is 6.20 Å². The van der Waals surface area contributed by atoms with Crippen molar-refractivity contribution in [2.75, 3.05) is 30.8 Å². The molecule has 1 fully saturated rings. The lowest BCUT2D eigenvalue weighted by Crippen LogP contribution is -2.42. The summed E-state index contributed by atoms with van der Waals surface area (Å²) in [6, 6.07) is 1.09. The molecule has 19 heavy (non-hydrogen) atoms. The van der Waals surface area contributed by atoms with Crippen LogP contribution in [0.25, 0.3) is 0 Å². The molecule has 0 aliphatic carbocycles. The molecule has 2 rings (SSSR count). The molecule has 0 radical (unpaired) electrons. The molecule has 0 saturated carbocycles. The number of halogens is 1. The van der Waals surface area contributed by atoms with E-state index in [1.807, 2.05) is 6.92 Å². The Morgan fingerprint density at radius 2 is 2.32 bits per heavy atom. The van der Waals surface area contributed by atoms with Crippen LogP contribution in [0.15, 0.2) is 10.7 Å². The van der Waals surface area contributed by atoms with Gasteiger partial charge >= 0.3 is 0 Å². The number of anilines is 2. The van der Waals surface area contributed by atoms with Gasteiger partial charge in [0, 0.05) is 31.4 Å². The number of nitrogens with zero attached hydrogens (tertiary/aromatic N) is 3. The van der Waals surface area contributed by atoms with Gasteiger partial charge in [0.15, 0.2) is 0 Å². The van der Waals surface area contributed by atoms with Crippen LogP contribution in [0.1, 0.15) is 26.7 Å². The topological polar surface area (TPSA) is 53.1 Å². The van der Waals surface area contributed by atoms with Crippen LogP contribution in [0.2, 0.25) is 0 Å². The average molecular weight is 328 g/mol. The zero-order valence-electron chi connectivity index (χ0n) is 11.8. The van der Waals surface area contributed by atoms with Crippen LogP contribution in [-0.2, 0) is 0 Å². The standard InChI is InChI=1S/C13H22BrN5/c1-4-15-13-16-8-11(14)12(18-13)17-10-5-6-19(3)9(2)7-10/h8-10H,4-7H2,1-3H3,(H2,15,16,17,18). The maximum Gasteiger partial charge on any atom is 0.224 e. The average Bonchev–Trinajstić information content (AvgIpc) is 2.38. The quantitative estimate of drug-likeness (QED) is 0.890. The highest BCUT2D eigenvalue weighted by Gasteiger charge is 2.23. The third-order valence-corrected chi connectivity index (χ3v) is 4.21. The van der Waals surface area contributed by atoms with E-state index < -0.39 is 0 Å². The minimum atomic E-state index is 0.479. The zero-order chi connectivity index (χ0) is 13.8. The summed E-state index contributed by atoms with van der Waals surface area (Å²) in [4.78, 5) is 11.1. The summed E-state index contributed by atoms with van der Waals surface area (Å²) >= 11 is 3.51. The van der Waals surface area contributed by atoms with Crippen molar-refractivity contribution in [2.45, 2.75) is 38.8 Å². The van der Waals surface area contributed by atoms with Crippen LogP contribution in [0, 0.1) is 0 Å². The fraction of sp³-hybridized carbons (Fsp3) is 0.692. The second-order valence-electron chi connectivity index (χ2n) is 5.12. The highest BCUT2D eigenvalue weighted by molar-refractivity contribution is 9.10. The molecule has 0 amide bonds. The smallest absolute Gasteiger partial charge is 0.224 e. The SMILES string of the molecule is CCNc1ncc(Br)c(NC2CCN(C)C(C)C2)n1. The van der Waals surface area contributed by atoms with Crippen molar-refractivity contribution in [2.24, 2.45) is 0 Å². The van der Waals surface area contributed by atoms with E-state index in [-0.39, 0.29) is 0 Å². The maximum absolute atomic E-state index is 4.51. The lowest BCUT2D eigenvalue weighted by Gasteiger charge is -2.35. The number of piperidine rings is 1. The van der Waals surface area contributed by atoms with Crippen LogP contribution in [-0.4, -0.2) is 47.1 Å². The molecule has 2 atom stereocenters. The Labute approximate surface area is 123 Å². The molecular formula is C13H22BrN5. The first-order valence-electron chi connectivity index (χ1n) is 6.83. The predicted molar refractivity (Wildman–Crippen MR) is 82.6 cm³/mol. The van der Waals surface area contributed by atoms with Crippen molar-refractivity contribution in [1.82, 2.24) is 14.9 Å². The first-order chi connectivity index (χ1) is 9.10. The molecular weight excluding hydrogens is 306 g/mol. The summed E-state index contributed by atoms with van der Waals surface area (Å²) in [6.45, 7) is 6.26. The number of hydrogen-bond acceptors (Lipinski definition) is 5. The van der Waals surface area contributed by atoms with Gasteiger partial charge in [0.2, 0.25) is 5.95 Å². The lowest BCUT2D eigenvalue weighted by molar-refractivity contribution is 0.190. The van der Waals surface area contributed by atoms with Crippen LogP contribution in [0.5, 0.6) is 0 Å². The van der Waals surface area contributed by atoms with Gasteiger partial charge in [-0.25, -0.2) is 4.98 Å². The number of aromatic nitrogens is 2. The van der Waals surface area contributed by atoms with Crippen molar-refractivity contribution in [1.29, 1.82) is 0 Å². The van der Waals surface area contributed by atoms with Gasteiger partial charge in [-0.15, -0.1) is 0 Å². The zero-order valence-corrected chi connectivity index (χ0v) is 13.4. The van der Waals surface area contributed by atoms with Gasteiger partial charge in [-0.05, 0) is 49.7 Å². The van der Waals surface area contributed by atoms with Gasteiger partial charge in [0.05, 0.1) is 4.47 Å². The van der Waals surface area contributed by atoms with Crippen LogP contribution >= 0.6 is 15.9 Å². The second-order valence-corrected chi connectivity index (χ2v) is 5.97. The molecule has 1 aromatic heterocycles. The molecule has 1 aromatic rings. The van der Waals surface area contributed by atoms with Crippen molar-refractivity contribution in [3.05, 3.63) is 10.7 Å². The minimum absolute atomic E-state index is 0.479. The van der Waals surface area contributed by atoms with Crippen molar-refractivity contribution in [3.63, 3.8) is 0 Å². The van der Waals surface area contributed by atoms with Crippen molar-refractivity contribution in [3.8, 4) is 0 Å². The third kappa shape index (κ3) is 3.79. The van der Waals surface area contributed by atoms with E-state index in [9.17, 15) is 0 Å². The number of rotatable bonds is 4. The maximum atomic E-state index is 4.51. The molecule has 6 heteroatoms. The molecule has 1 saturated heterocycles. The largest absolute Gasteiger partial charge is 0.366 e. The van der Waals surface area contributed by atoms with Gasteiger partial charge in [-0.2, -0.15) is 4.98 Å². The molecule has 1 aliphatic heterocycles. The van der Waals surface area contributed by atoms with Crippen LogP contribution < -0.4 is 10.6 Å². The monoisotopic (exact) mass is 327 g/mol. The Bertz CT molecular complexity index is 425. The van der Waals surface area contributed by atoms with Gasteiger partial charge in [-0.3, -0.25) is 0 Å². The number of likely N-dealkylation sites (tertiary alicyclic amines) is 1. The molecule has 1 aliphatic rings. The van der Waals surface area contributed by atoms with E-state index in [0.717, 1.165) is 36.2 Å². The van der Waals surface area contributed by atoms with Crippen molar-refractivity contribution >= 4 is 27.7 Å². The second kappa shape index (κ2) is 6.52. The summed E-state index contributed by atoms with van der Waals surface area (Å²) < 4.78 is 0.917. The Hall–Kier alpha value is -0.880. The van der Waals surface area contributed by atoms with E-state index >= 15 is 0 Å². The van der Waals surface area contributed by atoms with Crippen LogP contribution in [0.3, 0.4) is 0 Å². The summed E-state index contributed by atoms with van der Waals surface area (Å²) in [5.74, 6) is 1.56. The Morgan fingerprint density at radius 3 is 3.00 bits per heavy atom. The summed E-state index contributed by atoms with van der Waals surface area (Å²) in [6.07, 6.45) is 4.09. The third-order valence-electron chi connectivity index (χ3n) is 3.63. The van der Waals surface area contributed by atoms with E-state index in [0.29, 0.717) is 18.0 Å². The first kappa shape index (κ1) is 14.5. The molecule has 106 valence electrons. The number of hydrogen-bond donors (Lipinski definition) is 2. The summed E-state index contributed by atoms with van der Waals surface area (Å²) in [5.41, 5.74) is 0. The molecule has 2 N–H and O–H groups in total. The Morgan fingerprint density at radius 1 is 1.53 bits per heavy atom. The fourth-order valence-corrected chi connectivity index (χ4v) is 2.63. The Kier molecular flexibility index (Phi) is 4.99. The minimum Gasteiger partial charge on any atom is -0.366 e. The fourth-order valence-electron chi connectivity index (χ4n) is 2.33. The molecule has 2 heterocycles. The highest BCUT2D eigenvalue weighted by Crippen LogP contribution is 2.24. The Balaban J connectivity index is 2.04. The number of nitrogens with one attached hydrogen (secondary N) is 2. The van der Waals surface area contributed by atoms with Gasteiger partial charge in [0.1, 0.15) is 5.82 Å². The van der Waals surface area contributed by atoms with Gasteiger partial charge in [0.25, 0.3) is 0 Å². The lowest BCUT2D eigenvalue weighted by atomic mass is 9.99. The molecule has 5 nitrogen and oxygen atoms in total. The molecule has 0 spiro atoms. The highest BCUT2D eigenvalue weighted by atomic mass is 79.9. The molecule has 0 aromatic carbocycles. The van der Waals surface area contributed by atoms with E-state index in [4.69, 9.17) is 0 Å². The first-order valence-corrected chi connectivity index (χ1v) is 7.62. The molecule has 2 unspecified atom stereocenters. The normalized spacial score (nSPS) is 24.2.